The van der Waals surface area contributed by atoms with Crippen LogP contribution in [-0.2, 0) is 6.18 Å². The lowest BCUT2D eigenvalue weighted by molar-refractivity contribution is -0.138. The average Bonchev–Trinajstić information content (AvgIpc) is 2.52. The molecule has 0 spiro atoms. The molecule has 0 saturated carbocycles. The van der Waals surface area contributed by atoms with E-state index in [9.17, 15) is 18.0 Å². The summed E-state index contributed by atoms with van der Waals surface area (Å²) in [5.74, 6) is -0.180. The molecule has 1 amide bonds. The van der Waals surface area contributed by atoms with Gasteiger partial charge in [0.05, 0.1) is 17.2 Å². The number of pyridine rings is 1. The standard InChI is InChI=1S/C17H17F3N2O2/c1-11-4-3-5-13(8-11)24-10-12(2)22-16(23)14-6-7-21-9-15(14)17(18,19)20/h3-9,12H,10H2,1-2H3,(H,22,23)/t12-/m0/s1. The van der Waals surface area contributed by atoms with Gasteiger partial charge in [0.25, 0.3) is 5.91 Å². The first-order chi connectivity index (χ1) is 11.3. The normalized spacial score (nSPS) is 12.5. The lowest BCUT2D eigenvalue weighted by Gasteiger charge is -2.17. The number of hydrogen-bond acceptors (Lipinski definition) is 3. The molecule has 1 aromatic carbocycles. The molecule has 2 aromatic rings. The SMILES string of the molecule is Cc1cccc(OC[C@H](C)NC(=O)c2ccncc2C(F)(F)F)c1. The van der Waals surface area contributed by atoms with E-state index in [1.807, 2.05) is 25.1 Å². The summed E-state index contributed by atoms with van der Waals surface area (Å²) in [5.41, 5.74) is -0.495. The van der Waals surface area contributed by atoms with Crippen LogP contribution in [0.2, 0.25) is 0 Å². The minimum atomic E-state index is -4.64. The Hall–Kier alpha value is -2.57. The maximum absolute atomic E-state index is 12.9. The molecular formula is C17H17F3N2O2. The largest absolute Gasteiger partial charge is 0.491 e. The molecule has 24 heavy (non-hydrogen) atoms. The Balaban J connectivity index is 1.99. The summed E-state index contributed by atoms with van der Waals surface area (Å²) in [4.78, 5) is 15.5. The van der Waals surface area contributed by atoms with E-state index in [-0.39, 0.29) is 6.61 Å². The maximum atomic E-state index is 12.9. The van der Waals surface area contributed by atoms with Gasteiger partial charge in [-0.3, -0.25) is 9.78 Å². The molecule has 0 saturated heterocycles. The Kier molecular flexibility index (Phi) is 5.43. The molecule has 1 aromatic heterocycles. The average molecular weight is 338 g/mol. The van der Waals surface area contributed by atoms with E-state index in [4.69, 9.17) is 4.74 Å². The van der Waals surface area contributed by atoms with Crippen LogP contribution in [0.4, 0.5) is 13.2 Å². The summed E-state index contributed by atoms with van der Waals surface area (Å²) in [6, 6.07) is 7.94. The monoisotopic (exact) mass is 338 g/mol. The molecule has 1 N–H and O–H groups in total. The van der Waals surface area contributed by atoms with E-state index in [0.717, 1.165) is 17.8 Å². The third-order valence-corrected chi connectivity index (χ3v) is 3.24. The molecule has 2 rings (SSSR count). The number of benzene rings is 1. The van der Waals surface area contributed by atoms with E-state index in [0.29, 0.717) is 11.9 Å². The highest BCUT2D eigenvalue weighted by molar-refractivity contribution is 5.95. The van der Waals surface area contributed by atoms with Crippen molar-refractivity contribution in [1.29, 1.82) is 0 Å². The van der Waals surface area contributed by atoms with Crippen LogP contribution < -0.4 is 10.1 Å². The zero-order valence-electron chi connectivity index (χ0n) is 13.2. The molecule has 0 radical (unpaired) electrons. The van der Waals surface area contributed by atoms with Crippen LogP contribution in [0, 0.1) is 6.92 Å². The molecule has 0 aliphatic rings. The number of alkyl halides is 3. The lowest BCUT2D eigenvalue weighted by Crippen LogP contribution is -2.37. The molecule has 4 nitrogen and oxygen atoms in total. The van der Waals surface area contributed by atoms with Crippen LogP contribution >= 0.6 is 0 Å². The first kappa shape index (κ1) is 17.8. The Morgan fingerprint density at radius 3 is 2.75 bits per heavy atom. The van der Waals surface area contributed by atoms with Crippen LogP contribution in [0.15, 0.2) is 42.7 Å². The number of carbonyl (C=O) groups is 1. The van der Waals surface area contributed by atoms with Gasteiger partial charge in [0, 0.05) is 12.4 Å². The summed E-state index contributed by atoms with van der Waals surface area (Å²) in [6.45, 7) is 3.71. The minimum absolute atomic E-state index is 0.141. The van der Waals surface area contributed by atoms with E-state index < -0.39 is 29.3 Å². The molecule has 128 valence electrons. The molecule has 0 aliphatic carbocycles. The summed E-state index contributed by atoms with van der Waals surface area (Å²) < 4.78 is 44.3. The van der Waals surface area contributed by atoms with Crippen molar-refractivity contribution in [2.75, 3.05) is 6.61 Å². The van der Waals surface area contributed by atoms with Crippen molar-refractivity contribution in [2.45, 2.75) is 26.1 Å². The van der Waals surface area contributed by atoms with Crippen molar-refractivity contribution in [3.05, 3.63) is 59.4 Å². The van der Waals surface area contributed by atoms with E-state index in [2.05, 4.69) is 10.3 Å². The zero-order valence-corrected chi connectivity index (χ0v) is 13.2. The van der Waals surface area contributed by atoms with Gasteiger partial charge in [-0.15, -0.1) is 0 Å². The molecule has 0 aliphatic heterocycles. The van der Waals surface area contributed by atoms with Crippen molar-refractivity contribution < 1.29 is 22.7 Å². The third kappa shape index (κ3) is 4.71. The van der Waals surface area contributed by atoms with Gasteiger partial charge < -0.3 is 10.1 Å². The van der Waals surface area contributed by atoms with Crippen LogP contribution in [0.3, 0.4) is 0 Å². The Bertz CT molecular complexity index is 717. The number of amides is 1. The van der Waals surface area contributed by atoms with E-state index in [1.165, 1.54) is 0 Å². The van der Waals surface area contributed by atoms with Crippen molar-refractivity contribution >= 4 is 5.91 Å². The fourth-order valence-electron chi connectivity index (χ4n) is 2.09. The predicted octanol–water partition coefficient (Wildman–Crippen LogP) is 3.61. The summed E-state index contributed by atoms with van der Waals surface area (Å²) in [7, 11) is 0. The number of rotatable bonds is 5. The van der Waals surface area contributed by atoms with Crippen molar-refractivity contribution in [3.8, 4) is 5.75 Å². The number of aryl methyl sites for hydroxylation is 1. The second kappa shape index (κ2) is 7.33. The molecule has 0 bridgehead atoms. The molecule has 0 fully saturated rings. The fraction of sp³-hybridized carbons (Fsp3) is 0.294. The van der Waals surface area contributed by atoms with Crippen LogP contribution in [0.1, 0.15) is 28.4 Å². The molecule has 1 heterocycles. The molecule has 1 atom stereocenters. The molecule has 0 unspecified atom stereocenters. The first-order valence-electron chi connectivity index (χ1n) is 7.29. The number of nitrogens with zero attached hydrogens (tertiary/aromatic N) is 1. The van der Waals surface area contributed by atoms with E-state index in [1.54, 1.807) is 13.0 Å². The van der Waals surface area contributed by atoms with Gasteiger partial charge >= 0.3 is 6.18 Å². The highest BCUT2D eigenvalue weighted by atomic mass is 19.4. The highest BCUT2D eigenvalue weighted by Crippen LogP contribution is 2.31. The number of hydrogen-bond donors (Lipinski definition) is 1. The van der Waals surface area contributed by atoms with Gasteiger partial charge in [0.1, 0.15) is 12.4 Å². The summed E-state index contributed by atoms with van der Waals surface area (Å²) in [5, 5.41) is 2.50. The van der Waals surface area contributed by atoms with Gasteiger partial charge in [-0.2, -0.15) is 13.2 Å². The zero-order chi connectivity index (χ0) is 17.7. The second-order valence-electron chi connectivity index (χ2n) is 5.42. The highest BCUT2D eigenvalue weighted by Gasteiger charge is 2.35. The Morgan fingerprint density at radius 1 is 1.33 bits per heavy atom. The van der Waals surface area contributed by atoms with Crippen LogP contribution in [-0.4, -0.2) is 23.5 Å². The molecular weight excluding hydrogens is 321 g/mol. The van der Waals surface area contributed by atoms with Crippen molar-refractivity contribution in [2.24, 2.45) is 0 Å². The van der Waals surface area contributed by atoms with Gasteiger partial charge in [-0.25, -0.2) is 0 Å². The van der Waals surface area contributed by atoms with Crippen LogP contribution in [0.5, 0.6) is 5.75 Å². The van der Waals surface area contributed by atoms with Gasteiger partial charge in [-0.1, -0.05) is 12.1 Å². The first-order valence-corrected chi connectivity index (χ1v) is 7.29. The number of carbonyl (C=O) groups excluding carboxylic acids is 1. The number of aromatic nitrogens is 1. The Labute approximate surface area is 137 Å². The van der Waals surface area contributed by atoms with Crippen LogP contribution in [0.25, 0.3) is 0 Å². The second-order valence-corrected chi connectivity index (χ2v) is 5.42. The summed E-state index contributed by atoms with van der Waals surface area (Å²) in [6.07, 6.45) is -2.84. The van der Waals surface area contributed by atoms with Crippen molar-refractivity contribution in [1.82, 2.24) is 10.3 Å². The number of ether oxygens (including phenoxy) is 1. The number of nitrogens with one attached hydrogen (secondary N) is 1. The predicted molar refractivity (Wildman–Crippen MR) is 82.8 cm³/mol. The fourth-order valence-corrected chi connectivity index (χ4v) is 2.09. The summed E-state index contributed by atoms with van der Waals surface area (Å²) >= 11 is 0. The lowest BCUT2D eigenvalue weighted by atomic mass is 10.1. The topological polar surface area (TPSA) is 51.2 Å². The van der Waals surface area contributed by atoms with Gasteiger partial charge in [0.15, 0.2) is 0 Å². The van der Waals surface area contributed by atoms with E-state index >= 15 is 0 Å². The Morgan fingerprint density at radius 2 is 2.08 bits per heavy atom. The molecule has 7 heteroatoms. The quantitative estimate of drug-likeness (QED) is 0.906. The van der Waals surface area contributed by atoms with Crippen molar-refractivity contribution in [3.63, 3.8) is 0 Å². The van der Waals surface area contributed by atoms with Gasteiger partial charge in [0.2, 0.25) is 0 Å². The number of halogens is 3. The van der Waals surface area contributed by atoms with Gasteiger partial charge in [-0.05, 0) is 37.6 Å². The minimum Gasteiger partial charge on any atom is -0.491 e. The smallest absolute Gasteiger partial charge is 0.418 e. The maximum Gasteiger partial charge on any atom is 0.418 e. The third-order valence-electron chi connectivity index (χ3n) is 3.24.